The molecule has 3 amide bonds. The van der Waals surface area contributed by atoms with Gasteiger partial charge in [0.15, 0.2) is 0 Å². The molecule has 8 nitrogen and oxygen atoms in total. The minimum absolute atomic E-state index is 0.164. The molecule has 1 aromatic heterocycles. The number of H-pyrrole nitrogens is 1. The Balaban J connectivity index is 1.49. The predicted octanol–water partition coefficient (Wildman–Crippen LogP) is 2.05. The van der Waals surface area contributed by atoms with Crippen LogP contribution in [0.5, 0.6) is 0 Å². The number of carbonyl (C=O) groups is 4. The summed E-state index contributed by atoms with van der Waals surface area (Å²) in [6.45, 7) is 1.37. The van der Waals surface area contributed by atoms with E-state index in [4.69, 9.17) is 4.74 Å². The van der Waals surface area contributed by atoms with Crippen LogP contribution in [-0.2, 0) is 20.7 Å². The van der Waals surface area contributed by atoms with Gasteiger partial charge in [0.25, 0.3) is 11.8 Å². The van der Waals surface area contributed by atoms with Crippen LogP contribution in [0.25, 0.3) is 10.9 Å². The maximum absolute atomic E-state index is 12.7. The third-order valence-corrected chi connectivity index (χ3v) is 5.19. The zero-order valence-electron chi connectivity index (χ0n) is 16.9. The van der Waals surface area contributed by atoms with Crippen molar-refractivity contribution in [2.75, 3.05) is 13.2 Å². The lowest BCUT2D eigenvalue weighted by atomic mass is 10.0. The van der Waals surface area contributed by atoms with Gasteiger partial charge < -0.3 is 15.0 Å². The fourth-order valence-corrected chi connectivity index (χ4v) is 3.72. The second kappa shape index (κ2) is 8.43. The number of aromatic nitrogens is 1. The van der Waals surface area contributed by atoms with E-state index in [1.54, 1.807) is 37.4 Å². The fourth-order valence-electron chi connectivity index (χ4n) is 3.72. The number of fused-ring (bicyclic) bond motifs is 2. The highest BCUT2D eigenvalue weighted by Gasteiger charge is 2.37. The monoisotopic (exact) mass is 419 g/mol. The van der Waals surface area contributed by atoms with E-state index in [1.165, 1.54) is 0 Å². The van der Waals surface area contributed by atoms with Gasteiger partial charge in [-0.2, -0.15) is 0 Å². The molecule has 0 radical (unpaired) electrons. The summed E-state index contributed by atoms with van der Waals surface area (Å²) < 4.78 is 5.12. The Kier molecular flexibility index (Phi) is 5.53. The van der Waals surface area contributed by atoms with Crippen molar-refractivity contribution in [2.45, 2.75) is 19.4 Å². The Labute approximate surface area is 178 Å². The first-order valence-corrected chi connectivity index (χ1v) is 9.95. The normalized spacial score (nSPS) is 13.9. The first-order valence-electron chi connectivity index (χ1n) is 9.95. The van der Waals surface area contributed by atoms with Crippen LogP contribution in [0.3, 0.4) is 0 Å². The third-order valence-electron chi connectivity index (χ3n) is 5.19. The number of hydrogen-bond donors (Lipinski definition) is 2. The Bertz CT molecular complexity index is 1150. The van der Waals surface area contributed by atoms with Gasteiger partial charge in [-0.15, -0.1) is 0 Å². The average Bonchev–Trinajstić information content (AvgIpc) is 3.28. The summed E-state index contributed by atoms with van der Waals surface area (Å²) in [4.78, 5) is 54.2. The van der Waals surface area contributed by atoms with Crippen molar-refractivity contribution in [2.24, 2.45) is 0 Å². The van der Waals surface area contributed by atoms with Gasteiger partial charge in [0, 0.05) is 23.5 Å². The SMILES string of the molecule is CCOC(=O)C(Cc1c[nH]c2ccccc12)NC(=O)CN1C(=O)c2ccccc2C1=O. The lowest BCUT2D eigenvalue weighted by Crippen LogP contribution is -2.48. The predicted molar refractivity (Wildman–Crippen MR) is 112 cm³/mol. The highest BCUT2D eigenvalue weighted by Crippen LogP contribution is 2.22. The van der Waals surface area contributed by atoms with Crippen LogP contribution >= 0.6 is 0 Å². The molecule has 2 aromatic carbocycles. The number of amides is 3. The van der Waals surface area contributed by atoms with E-state index in [1.807, 2.05) is 24.3 Å². The number of esters is 1. The van der Waals surface area contributed by atoms with Gasteiger partial charge in [0.1, 0.15) is 12.6 Å². The zero-order valence-corrected chi connectivity index (χ0v) is 16.9. The summed E-state index contributed by atoms with van der Waals surface area (Å²) in [7, 11) is 0. The van der Waals surface area contributed by atoms with Crippen molar-refractivity contribution >= 4 is 34.6 Å². The first-order chi connectivity index (χ1) is 15.0. The number of nitrogens with one attached hydrogen (secondary N) is 2. The molecule has 4 rings (SSSR count). The number of nitrogens with zero attached hydrogens (tertiary/aromatic N) is 1. The van der Waals surface area contributed by atoms with Crippen LogP contribution in [-0.4, -0.2) is 52.8 Å². The van der Waals surface area contributed by atoms with Crippen LogP contribution in [0.2, 0.25) is 0 Å². The van der Waals surface area contributed by atoms with Crippen molar-refractivity contribution in [1.82, 2.24) is 15.2 Å². The fraction of sp³-hybridized carbons (Fsp3) is 0.217. The van der Waals surface area contributed by atoms with Gasteiger partial charge in [0.2, 0.25) is 5.91 Å². The molecule has 0 fully saturated rings. The number of carbonyl (C=O) groups excluding carboxylic acids is 4. The lowest BCUT2D eigenvalue weighted by molar-refractivity contribution is -0.147. The molecule has 1 unspecified atom stereocenters. The minimum atomic E-state index is -0.957. The Morgan fingerprint density at radius 3 is 2.35 bits per heavy atom. The number of imide groups is 1. The molecular formula is C23H21N3O5. The van der Waals surface area contributed by atoms with Crippen molar-refractivity contribution < 1.29 is 23.9 Å². The summed E-state index contributed by atoms with van der Waals surface area (Å²) in [5.74, 6) is -2.25. The summed E-state index contributed by atoms with van der Waals surface area (Å²) in [5, 5.41) is 3.56. The summed E-state index contributed by atoms with van der Waals surface area (Å²) >= 11 is 0. The van der Waals surface area contributed by atoms with Gasteiger partial charge in [-0.1, -0.05) is 30.3 Å². The molecule has 8 heteroatoms. The van der Waals surface area contributed by atoms with Crippen LogP contribution in [0.1, 0.15) is 33.2 Å². The summed E-state index contributed by atoms with van der Waals surface area (Å²) in [6, 6.07) is 13.1. The van der Waals surface area contributed by atoms with E-state index in [0.717, 1.165) is 21.4 Å². The molecule has 0 saturated carbocycles. The van der Waals surface area contributed by atoms with Gasteiger partial charge in [-0.05, 0) is 30.7 Å². The number of hydrogen-bond acceptors (Lipinski definition) is 5. The largest absolute Gasteiger partial charge is 0.464 e. The number of para-hydroxylation sites is 1. The Hall–Kier alpha value is -3.94. The topological polar surface area (TPSA) is 109 Å². The van der Waals surface area contributed by atoms with Crippen LogP contribution in [0.15, 0.2) is 54.7 Å². The van der Waals surface area contributed by atoms with E-state index < -0.39 is 36.3 Å². The van der Waals surface area contributed by atoms with Gasteiger partial charge in [0.05, 0.1) is 17.7 Å². The van der Waals surface area contributed by atoms with Crippen LogP contribution in [0.4, 0.5) is 0 Å². The quantitative estimate of drug-likeness (QED) is 0.450. The second-order valence-corrected chi connectivity index (χ2v) is 7.18. The molecule has 0 bridgehead atoms. The number of ether oxygens (including phenoxy) is 1. The Morgan fingerprint density at radius 2 is 1.68 bits per heavy atom. The van der Waals surface area contributed by atoms with Crippen LogP contribution < -0.4 is 5.32 Å². The maximum Gasteiger partial charge on any atom is 0.328 e. The summed E-state index contributed by atoms with van der Waals surface area (Å²) in [5.41, 5.74) is 2.29. The second-order valence-electron chi connectivity index (χ2n) is 7.18. The molecule has 158 valence electrons. The summed E-state index contributed by atoms with van der Waals surface area (Å²) in [6.07, 6.45) is 1.99. The number of rotatable bonds is 7. The molecule has 2 heterocycles. The Morgan fingerprint density at radius 1 is 1.03 bits per heavy atom. The van der Waals surface area contributed by atoms with Crippen molar-refractivity contribution in [3.05, 3.63) is 71.4 Å². The smallest absolute Gasteiger partial charge is 0.328 e. The molecule has 0 aliphatic carbocycles. The molecule has 3 aromatic rings. The highest BCUT2D eigenvalue weighted by molar-refractivity contribution is 6.22. The highest BCUT2D eigenvalue weighted by atomic mass is 16.5. The molecule has 1 atom stereocenters. The van der Waals surface area contributed by atoms with E-state index in [9.17, 15) is 19.2 Å². The molecule has 31 heavy (non-hydrogen) atoms. The average molecular weight is 419 g/mol. The zero-order chi connectivity index (χ0) is 22.0. The number of benzene rings is 2. The first kappa shape index (κ1) is 20.3. The van der Waals surface area contributed by atoms with E-state index >= 15 is 0 Å². The molecule has 0 spiro atoms. The molecule has 1 aliphatic heterocycles. The van der Waals surface area contributed by atoms with Gasteiger partial charge >= 0.3 is 5.97 Å². The molecular weight excluding hydrogens is 398 g/mol. The van der Waals surface area contributed by atoms with Crippen molar-refractivity contribution in [1.29, 1.82) is 0 Å². The third kappa shape index (κ3) is 3.92. The van der Waals surface area contributed by atoms with E-state index in [2.05, 4.69) is 10.3 Å². The minimum Gasteiger partial charge on any atom is -0.464 e. The lowest BCUT2D eigenvalue weighted by Gasteiger charge is -2.19. The van der Waals surface area contributed by atoms with E-state index in [0.29, 0.717) is 0 Å². The van der Waals surface area contributed by atoms with Gasteiger partial charge in [-0.3, -0.25) is 19.3 Å². The molecule has 2 N–H and O–H groups in total. The van der Waals surface area contributed by atoms with E-state index in [-0.39, 0.29) is 24.2 Å². The van der Waals surface area contributed by atoms with Crippen molar-refractivity contribution in [3.8, 4) is 0 Å². The van der Waals surface area contributed by atoms with Crippen molar-refractivity contribution in [3.63, 3.8) is 0 Å². The molecule has 0 saturated heterocycles. The molecule has 1 aliphatic rings. The van der Waals surface area contributed by atoms with Gasteiger partial charge in [-0.25, -0.2) is 4.79 Å². The van der Waals surface area contributed by atoms with Crippen LogP contribution in [0, 0.1) is 0 Å². The number of aromatic amines is 1. The maximum atomic E-state index is 12.7. The standard InChI is InChI=1S/C23H21N3O5/c1-2-31-23(30)19(11-14-12-24-18-10-6-5-7-15(14)18)25-20(27)13-26-21(28)16-8-3-4-9-17(16)22(26)29/h3-10,12,19,24H,2,11,13H2,1H3,(H,25,27).